The molecule has 84 valence electrons. The Labute approximate surface area is 89.0 Å². The number of piperazine rings is 1. The van der Waals surface area contributed by atoms with Crippen LogP contribution in [0.25, 0.3) is 0 Å². The average molecular weight is 212 g/mol. The van der Waals surface area contributed by atoms with E-state index in [0.29, 0.717) is 26.2 Å². The molecule has 1 aliphatic rings. The van der Waals surface area contributed by atoms with Crippen molar-refractivity contribution >= 4 is 18.1 Å². The van der Waals surface area contributed by atoms with Crippen LogP contribution in [-0.2, 0) is 14.4 Å². The first-order valence-corrected chi connectivity index (χ1v) is 5.12. The van der Waals surface area contributed by atoms with E-state index in [4.69, 9.17) is 0 Å². The van der Waals surface area contributed by atoms with E-state index in [2.05, 4.69) is 0 Å². The first-order valence-electron chi connectivity index (χ1n) is 5.12. The van der Waals surface area contributed by atoms with Gasteiger partial charge in [0.15, 0.2) is 0 Å². The lowest BCUT2D eigenvalue weighted by Gasteiger charge is -2.34. The standard InChI is InChI=1S/C10H16N2O3/c1-9(14)11-4-6-12(7-5-11)10(15)3-2-8-13/h8H,2-7H2,1H3. The van der Waals surface area contributed by atoms with Gasteiger partial charge in [0.2, 0.25) is 11.8 Å². The van der Waals surface area contributed by atoms with Crippen molar-refractivity contribution in [2.75, 3.05) is 26.2 Å². The van der Waals surface area contributed by atoms with Crippen molar-refractivity contribution in [3.05, 3.63) is 0 Å². The number of carbonyl (C=O) groups is 3. The van der Waals surface area contributed by atoms with Gasteiger partial charge in [-0.05, 0) is 0 Å². The predicted molar refractivity (Wildman–Crippen MR) is 54.1 cm³/mol. The fourth-order valence-corrected chi connectivity index (χ4v) is 1.61. The van der Waals surface area contributed by atoms with Gasteiger partial charge in [-0.1, -0.05) is 0 Å². The summed E-state index contributed by atoms with van der Waals surface area (Å²) in [5.74, 6) is 0.0558. The molecule has 1 aliphatic heterocycles. The van der Waals surface area contributed by atoms with E-state index in [9.17, 15) is 14.4 Å². The van der Waals surface area contributed by atoms with Crippen molar-refractivity contribution in [2.24, 2.45) is 0 Å². The van der Waals surface area contributed by atoms with Crippen LogP contribution in [0.5, 0.6) is 0 Å². The minimum atomic E-state index is 0.00491. The Bertz CT molecular complexity index is 257. The maximum Gasteiger partial charge on any atom is 0.223 e. The quantitative estimate of drug-likeness (QED) is 0.601. The van der Waals surface area contributed by atoms with Gasteiger partial charge in [-0.2, -0.15) is 0 Å². The zero-order chi connectivity index (χ0) is 11.3. The summed E-state index contributed by atoms with van der Waals surface area (Å²) in [6.07, 6.45) is 1.32. The van der Waals surface area contributed by atoms with E-state index in [0.717, 1.165) is 6.29 Å². The average Bonchev–Trinajstić information content (AvgIpc) is 2.26. The van der Waals surface area contributed by atoms with Crippen LogP contribution in [0.3, 0.4) is 0 Å². The van der Waals surface area contributed by atoms with Crippen LogP contribution in [0, 0.1) is 0 Å². The molecular formula is C10H16N2O3. The van der Waals surface area contributed by atoms with Gasteiger partial charge < -0.3 is 14.6 Å². The van der Waals surface area contributed by atoms with Crippen LogP contribution in [0.1, 0.15) is 19.8 Å². The van der Waals surface area contributed by atoms with Gasteiger partial charge in [0.05, 0.1) is 0 Å². The summed E-state index contributed by atoms with van der Waals surface area (Å²) >= 11 is 0. The lowest BCUT2D eigenvalue weighted by molar-refractivity contribution is -0.138. The smallest absolute Gasteiger partial charge is 0.223 e. The van der Waals surface area contributed by atoms with Crippen molar-refractivity contribution in [3.63, 3.8) is 0 Å². The molecule has 5 nitrogen and oxygen atoms in total. The summed E-state index contributed by atoms with van der Waals surface area (Å²) in [5, 5.41) is 0. The highest BCUT2D eigenvalue weighted by Crippen LogP contribution is 2.04. The molecule has 0 aromatic rings. The Morgan fingerprint density at radius 1 is 1.13 bits per heavy atom. The van der Waals surface area contributed by atoms with Gasteiger partial charge in [0.25, 0.3) is 0 Å². The molecular weight excluding hydrogens is 196 g/mol. The number of nitrogens with zero attached hydrogens (tertiary/aromatic N) is 2. The SMILES string of the molecule is CC(=O)N1CCN(C(=O)CCC=O)CC1. The summed E-state index contributed by atoms with van der Waals surface area (Å²) in [5.41, 5.74) is 0. The van der Waals surface area contributed by atoms with Gasteiger partial charge in [0.1, 0.15) is 6.29 Å². The maximum atomic E-state index is 11.5. The molecule has 0 spiro atoms. The van der Waals surface area contributed by atoms with E-state index < -0.39 is 0 Å². The molecule has 2 amide bonds. The van der Waals surface area contributed by atoms with Crippen molar-refractivity contribution in [1.82, 2.24) is 9.80 Å². The third-order valence-electron chi connectivity index (χ3n) is 2.55. The summed E-state index contributed by atoms with van der Waals surface area (Å²) in [4.78, 5) is 36.1. The van der Waals surface area contributed by atoms with Gasteiger partial charge >= 0.3 is 0 Å². The second kappa shape index (κ2) is 5.48. The molecule has 15 heavy (non-hydrogen) atoms. The lowest BCUT2D eigenvalue weighted by Crippen LogP contribution is -2.50. The molecule has 0 N–H and O–H groups in total. The van der Waals surface area contributed by atoms with Gasteiger partial charge in [-0.3, -0.25) is 9.59 Å². The maximum absolute atomic E-state index is 11.5. The molecule has 0 atom stereocenters. The molecule has 1 saturated heterocycles. The highest BCUT2D eigenvalue weighted by Gasteiger charge is 2.21. The third-order valence-corrected chi connectivity index (χ3v) is 2.55. The number of carbonyl (C=O) groups excluding carboxylic acids is 3. The molecule has 0 unspecified atom stereocenters. The normalized spacial score (nSPS) is 16.3. The zero-order valence-corrected chi connectivity index (χ0v) is 8.94. The Morgan fingerprint density at radius 2 is 1.67 bits per heavy atom. The molecule has 1 heterocycles. The summed E-state index contributed by atoms with van der Waals surface area (Å²) < 4.78 is 0. The second-order valence-electron chi connectivity index (χ2n) is 3.59. The summed E-state index contributed by atoms with van der Waals surface area (Å²) in [6.45, 7) is 3.89. The first kappa shape index (κ1) is 11.7. The molecule has 0 aromatic heterocycles. The van der Waals surface area contributed by atoms with Crippen molar-refractivity contribution in [2.45, 2.75) is 19.8 Å². The minimum Gasteiger partial charge on any atom is -0.339 e. The van der Waals surface area contributed by atoms with Crippen molar-refractivity contribution < 1.29 is 14.4 Å². The topological polar surface area (TPSA) is 57.7 Å². The number of hydrogen-bond acceptors (Lipinski definition) is 3. The zero-order valence-electron chi connectivity index (χ0n) is 8.94. The molecule has 0 aliphatic carbocycles. The number of rotatable bonds is 3. The number of amides is 2. The van der Waals surface area contributed by atoms with E-state index in [-0.39, 0.29) is 24.7 Å². The number of aldehydes is 1. The molecule has 0 saturated carbocycles. The van der Waals surface area contributed by atoms with E-state index in [1.807, 2.05) is 0 Å². The number of hydrogen-bond donors (Lipinski definition) is 0. The molecule has 5 heteroatoms. The molecule has 0 radical (unpaired) electrons. The highest BCUT2D eigenvalue weighted by atomic mass is 16.2. The van der Waals surface area contributed by atoms with Gasteiger partial charge in [-0.15, -0.1) is 0 Å². The summed E-state index contributed by atoms with van der Waals surface area (Å²) in [7, 11) is 0. The Kier molecular flexibility index (Phi) is 4.27. The fraction of sp³-hybridized carbons (Fsp3) is 0.700. The van der Waals surface area contributed by atoms with Gasteiger partial charge in [0, 0.05) is 45.9 Å². The molecule has 0 aromatic carbocycles. The lowest BCUT2D eigenvalue weighted by atomic mass is 10.2. The van der Waals surface area contributed by atoms with Crippen molar-refractivity contribution in [1.29, 1.82) is 0 Å². The Morgan fingerprint density at radius 3 is 2.13 bits per heavy atom. The van der Waals surface area contributed by atoms with Crippen LogP contribution in [0.2, 0.25) is 0 Å². The van der Waals surface area contributed by atoms with Crippen LogP contribution < -0.4 is 0 Å². The van der Waals surface area contributed by atoms with Crippen LogP contribution in [0.15, 0.2) is 0 Å². The highest BCUT2D eigenvalue weighted by molar-refractivity contribution is 5.79. The van der Waals surface area contributed by atoms with Gasteiger partial charge in [-0.25, -0.2) is 0 Å². The fourth-order valence-electron chi connectivity index (χ4n) is 1.61. The van der Waals surface area contributed by atoms with Crippen LogP contribution in [-0.4, -0.2) is 54.1 Å². The molecule has 0 bridgehead atoms. The van der Waals surface area contributed by atoms with Crippen LogP contribution in [0.4, 0.5) is 0 Å². The Balaban J connectivity index is 2.33. The summed E-state index contributed by atoms with van der Waals surface area (Å²) in [6, 6.07) is 0. The predicted octanol–water partition coefficient (Wildman–Crippen LogP) is -0.344. The Hall–Kier alpha value is -1.39. The third kappa shape index (κ3) is 3.34. The van der Waals surface area contributed by atoms with Crippen molar-refractivity contribution in [3.8, 4) is 0 Å². The van der Waals surface area contributed by atoms with E-state index >= 15 is 0 Å². The molecule has 1 fully saturated rings. The minimum absolute atomic E-state index is 0.00491. The monoisotopic (exact) mass is 212 g/mol. The van der Waals surface area contributed by atoms with E-state index in [1.165, 1.54) is 6.92 Å². The molecule has 1 rings (SSSR count). The van der Waals surface area contributed by atoms with Crippen LogP contribution >= 0.6 is 0 Å². The first-order chi connectivity index (χ1) is 7.15. The van der Waals surface area contributed by atoms with E-state index in [1.54, 1.807) is 9.80 Å². The second-order valence-corrected chi connectivity index (χ2v) is 3.59. The largest absolute Gasteiger partial charge is 0.339 e.